The van der Waals surface area contributed by atoms with Crippen LogP contribution < -0.4 is 15.5 Å². The summed E-state index contributed by atoms with van der Waals surface area (Å²) in [4.78, 5) is 53.4. The summed E-state index contributed by atoms with van der Waals surface area (Å²) < 4.78 is 0. The molecule has 2 aliphatic heterocycles. The van der Waals surface area contributed by atoms with Gasteiger partial charge in [0, 0.05) is 24.8 Å². The maximum absolute atomic E-state index is 13.3. The Morgan fingerprint density at radius 3 is 2.35 bits per heavy atom. The van der Waals surface area contributed by atoms with Crippen LogP contribution in [0.15, 0.2) is 48.5 Å². The number of benzene rings is 2. The zero-order valence-electron chi connectivity index (χ0n) is 17.3. The molecule has 2 heterocycles. The van der Waals surface area contributed by atoms with Gasteiger partial charge in [0.25, 0.3) is 5.91 Å². The van der Waals surface area contributed by atoms with Gasteiger partial charge in [-0.25, -0.2) is 0 Å². The molecule has 0 spiro atoms. The molecule has 8 nitrogen and oxygen atoms in total. The second kappa shape index (κ2) is 8.59. The Balaban J connectivity index is 1.55. The fourth-order valence-electron chi connectivity index (χ4n) is 4.12. The van der Waals surface area contributed by atoms with Gasteiger partial charge in [0.2, 0.25) is 17.7 Å². The smallest absolute Gasteiger partial charge is 0.256 e. The molecule has 0 radical (unpaired) electrons. The number of amides is 4. The molecule has 2 aromatic rings. The van der Waals surface area contributed by atoms with Crippen molar-refractivity contribution in [3.05, 3.63) is 54.1 Å². The highest BCUT2D eigenvalue weighted by Crippen LogP contribution is 2.31. The second-order valence-corrected chi connectivity index (χ2v) is 7.76. The first-order chi connectivity index (χ1) is 14.9. The minimum absolute atomic E-state index is 0.162. The lowest BCUT2D eigenvalue weighted by Crippen LogP contribution is -2.52. The largest absolute Gasteiger partial charge is 0.327 e. The van der Waals surface area contributed by atoms with E-state index in [9.17, 15) is 19.2 Å². The van der Waals surface area contributed by atoms with E-state index in [4.69, 9.17) is 0 Å². The van der Waals surface area contributed by atoms with Crippen molar-refractivity contribution in [3.63, 3.8) is 0 Å². The van der Waals surface area contributed by atoms with Crippen molar-refractivity contribution in [3.8, 4) is 0 Å². The molecular formula is C23H24N4O4. The summed E-state index contributed by atoms with van der Waals surface area (Å²) in [5, 5.41) is 5.44. The van der Waals surface area contributed by atoms with Crippen LogP contribution in [-0.4, -0.2) is 47.7 Å². The van der Waals surface area contributed by atoms with Crippen LogP contribution in [0.3, 0.4) is 0 Å². The molecule has 8 heteroatoms. The van der Waals surface area contributed by atoms with Crippen molar-refractivity contribution in [1.29, 1.82) is 0 Å². The summed E-state index contributed by atoms with van der Waals surface area (Å²) in [5.74, 6) is -0.937. The van der Waals surface area contributed by atoms with Crippen LogP contribution in [0.2, 0.25) is 0 Å². The fraction of sp³-hybridized carbons (Fsp3) is 0.304. The molecule has 1 fully saturated rings. The number of rotatable bonds is 4. The van der Waals surface area contributed by atoms with Crippen molar-refractivity contribution in [1.82, 2.24) is 4.90 Å². The molecule has 160 valence electrons. The molecule has 0 aliphatic carbocycles. The summed E-state index contributed by atoms with van der Waals surface area (Å²) in [6.07, 6.45) is 2.34. The van der Waals surface area contributed by atoms with Crippen LogP contribution in [0.1, 0.15) is 36.5 Å². The number of anilines is 3. The number of carbonyl (C=O) groups is 4. The molecular weight excluding hydrogens is 396 g/mol. The number of piperidine rings is 1. The van der Waals surface area contributed by atoms with E-state index in [1.807, 2.05) is 0 Å². The summed E-state index contributed by atoms with van der Waals surface area (Å²) >= 11 is 0. The fourth-order valence-corrected chi connectivity index (χ4v) is 4.12. The Hall–Kier alpha value is -3.68. The lowest BCUT2D eigenvalue weighted by Gasteiger charge is -2.34. The first kappa shape index (κ1) is 20.6. The number of nitrogens with one attached hydrogen (secondary N) is 2. The highest BCUT2D eigenvalue weighted by atomic mass is 16.2. The number of hydrogen-bond acceptors (Lipinski definition) is 4. The average Bonchev–Trinajstić information content (AvgIpc) is 2.85. The van der Waals surface area contributed by atoms with E-state index in [1.165, 1.54) is 11.8 Å². The zero-order chi connectivity index (χ0) is 22.0. The van der Waals surface area contributed by atoms with Gasteiger partial charge in [0.1, 0.15) is 12.6 Å². The maximum atomic E-state index is 13.3. The minimum Gasteiger partial charge on any atom is -0.327 e. The maximum Gasteiger partial charge on any atom is 0.256 e. The molecule has 1 unspecified atom stereocenters. The van der Waals surface area contributed by atoms with Gasteiger partial charge in [-0.2, -0.15) is 0 Å². The Morgan fingerprint density at radius 2 is 1.65 bits per heavy atom. The highest BCUT2D eigenvalue weighted by Gasteiger charge is 2.40. The SMILES string of the molecule is CC(=O)Nc1ccc(NC(=O)CN2C(=O)C3CCCCN3C(=O)c3ccccc32)cc1. The van der Waals surface area contributed by atoms with Gasteiger partial charge < -0.3 is 20.4 Å². The molecule has 0 bridgehead atoms. The van der Waals surface area contributed by atoms with Crippen LogP contribution in [0.25, 0.3) is 0 Å². The number of para-hydroxylation sites is 1. The standard InChI is InChI=1S/C23H24N4O4/c1-15(28)24-16-9-11-17(12-10-16)25-21(29)14-27-19-7-3-2-6-18(19)22(30)26-13-5-4-8-20(26)23(27)31/h2-3,6-7,9-12,20H,4-5,8,13-14H2,1H3,(H,24,28)(H,25,29). The topological polar surface area (TPSA) is 98.8 Å². The number of fused-ring (bicyclic) bond motifs is 2. The van der Waals surface area contributed by atoms with Gasteiger partial charge in [-0.05, 0) is 55.7 Å². The molecule has 2 aromatic carbocycles. The third-order valence-electron chi connectivity index (χ3n) is 5.53. The Bertz CT molecular complexity index is 1030. The summed E-state index contributed by atoms with van der Waals surface area (Å²) in [7, 11) is 0. The Morgan fingerprint density at radius 1 is 0.968 bits per heavy atom. The Kier molecular flexibility index (Phi) is 5.70. The van der Waals surface area contributed by atoms with Crippen LogP contribution in [-0.2, 0) is 14.4 Å². The molecule has 0 saturated carbocycles. The van der Waals surface area contributed by atoms with Gasteiger partial charge in [-0.15, -0.1) is 0 Å². The van der Waals surface area contributed by atoms with Crippen LogP contribution in [0.5, 0.6) is 0 Å². The van der Waals surface area contributed by atoms with E-state index in [0.29, 0.717) is 35.6 Å². The zero-order valence-corrected chi connectivity index (χ0v) is 17.3. The third-order valence-corrected chi connectivity index (χ3v) is 5.53. The van der Waals surface area contributed by atoms with Crippen molar-refractivity contribution < 1.29 is 19.2 Å². The van der Waals surface area contributed by atoms with E-state index in [0.717, 1.165) is 12.8 Å². The van der Waals surface area contributed by atoms with Crippen molar-refractivity contribution >= 4 is 40.7 Å². The van der Waals surface area contributed by atoms with Crippen molar-refractivity contribution in [2.24, 2.45) is 0 Å². The van der Waals surface area contributed by atoms with Gasteiger partial charge in [-0.1, -0.05) is 12.1 Å². The van der Waals surface area contributed by atoms with Gasteiger partial charge in [-0.3, -0.25) is 19.2 Å². The summed E-state index contributed by atoms with van der Waals surface area (Å²) in [6.45, 7) is 1.77. The molecule has 4 amide bonds. The predicted octanol–water partition coefficient (Wildman–Crippen LogP) is 2.62. The number of carbonyl (C=O) groups excluding carboxylic acids is 4. The molecule has 1 atom stereocenters. The monoisotopic (exact) mass is 420 g/mol. The minimum atomic E-state index is -0.543. The lowest BCUT2D eigenvalue weighted by molar-refractivity contribution is -0.125. The van der Waals surface area contributed by atoms with Crippen molar-refractivity contribution in [2.45, 2.75) is 32.2 Å². The molecule has 31 heavy (non-hydrogen) atoms. The number of nitrogens with zero attached hydrogens (tertiary/aromatic N) is 2. The van der Waals surface area contributed by atoms with Gasteiger partial charge >= 0.3 is 0 Å². The van der Waals surface area contributed by atoms with Gasteiger partial charge in [0.15, 0.2) is 0 Å². The van der Waals surface area contributed by atoms with Crippen LogP contribution >= 0.6 is 0 Å². The quantitative estimate of drug-likeness (QED) is 0.794. The summed E-state index contributed by atoms with van der Waals surface area (Å²) in [6, 6.07) is 13.1. The van der Waals surface area contributed by atoms with E-state index in [1.54, 1.807) is 53.4 Å². The van der Waals surface area contributed by atoms with Crippen LogP contribution in [0.4, 0.5) is 17.1 Å². The Labute approximate surface area is 180 Å². The van der Waals surface area contributed by atoms with E-state index in [2.05, 4.69) is 10.6 Å². The van der Waals surface area contributed by atoms with E-state index in [-0.39, 0.29) is 30.2 Å². The predicted molar refractivity (Wildman–Crippen MR) is 117 cm³/mol. The molecule has 0 aromatic heterocycles. The van der Waals surface area contributed by atoms with E-state index < -0.39 is 6.04 Å². The van der Waals surface area contributed by atoms with E-state index >= 15 is 0 Å². The first-order valence-electron chi connectivity index (χ1n) is 10.3. The highest BCUT2D eigenvalue weighted by molar-refractivity contribution is 6.13. The molecule has 1 saturated heterocycles. The molecule has 2 N–H and O–H groups in total. The first-order valence-corrected chi connectivity index (χ1v) is 10.3. The molecule has 4 rings (SSSR count). The van der Waals surface area contributed by atoms with Crippen LogP contribution in [0, 0.1) is 0 Å². The van der Waals surface area contributed by atoms with Crippen molar-refractivity contribution in [2.75, 3.05) is 28.6 Å². The third kappa shape index (κ3) is 4.28. The second-order valence-electron chi connectivity index (χ2n) is 7.76. The number of hydrogen-bond donors (Lipinski definition) is 2. The summed E-state index contributed by atoms with van der Waals surface area (Å²) in [5.41, 5.74) is 2.07. The normalized spacial score (nSPS) is 18.0. The molecule has 2 aliphatic rings. The lowest BCUT2D eigenvalue weighted by atomic mass is 10.0. The van der Waals surface area contributed by atoms with Gasteiger partial charge in [0.05, 0.1) is 11.3 Å². The average molecular weight is 420 g/mol.